The van der Waals surface area contributed by atoms with Gasteiger partial charge in [-0.25, -0.2) is 14.6 Å². The van der Waals surface area contributed by atoms with Gasteiger partial charge in [0.25, 0.3) is 5.56 Å². The second-order valence-electron chi connectivity index (χ2n) is 9.53. The molecule has 9 heteroatoms. The highest BCUT2D eigenvalue weighted by Crippen LogP contribution is 2.50. The molecule has 33 heavy (non-hydrogen) atoms. The van der Waals surface area contributed by atoms with Crippen LogP contribution in [0.2, 0.25) is 0 Å². The summed E-state index contributed by atoms with van der Waals surface area (Å²) in [7, 11) is 0. The van der Waals surface area contributed by atoms with E-state index in [1.54, 1.807) is 32.0 Å². The van der Waals surface area contributed by atoms with E-state index in [0.717, 1.165) is 18.8 Å². The number of aromatic amines is 1. The van der Waals surface area contributed by atoms with E-state index in [-0.39, 0.29) is 5.56 Å². The van der Waals surface area contributed by atoms with Crippen LogP contribution in [-0.4, -0.2) is 36.4 Å². The molecule has 0 unspecified atom stereocenters. The Morgan fingerprint density at radius 3 is 2.82 bits per heavy atom. The first-order valence-electron chi connectivity index (χ1n) is 11.1. The van der Waals surface area contributed by atoms with Gasteiger partial charge in [0.2, 0.25) is 5.95 Å². The van der Waals surface area contributed by atoms with Crippen molar-refractivity contribution in [2.75, 3.05) is 11.9 Å². The van der Waals surface area contributed by atoms with Crippen LogP contribution in [0.15, 0.2) is 47.4 Å². The maximum absolute atomic E-state index is 12.5. The average Bonchev–Trinajstić information content (AvgIpc) is 3.48. The Morgan fingerprint density at radius 2 is 2.03 bits per heavy atom. The number of benzene rings is 1. The standard InChI is InChI=1S/C24H25N7O2/c1-23(2,33)18-4-3-5-19(28-18)31-20-16(21(32)30-31)12-26-22(29-20)27-15-6-7-17-14(10-15)11-25-13-24(17)8-9-24/h3-7,10,12,25,33H,8-9,11,13H2,1-2H3,(H,30,32)(H,26,27,29). The molecular weight excluding hydrogens is 418 g/mol. The number of aliphatic hydroxyl groups is 1. The number of pyridine rings is 1. The lowest BCUT2D eigenvalue weighted by Gasteiger charge is -2.26. The topological polar surface area (TPSA) is 121 Å². The highest BCUT2D eigenvalue weighted by Gasteiger charge is 2.46. The molecule has 0 bridgehead atoms. The molecule has 1 aliphatic heterocycles. The minimum absolute atomic E-state index is 0.304. The molecule has 1 aromatic carbocycles. The molecule has 4 N–H and O–H groups in total. The van der Waals surface area contributed by atoms with Gasteiger partial charge in [-0.15, -0.1) is 0 Å². The number of aromatic nitrogens is 5. The van der Waals surface area contributed by atoms with Gasteiger partial charge in [-0.1, -0.05) is 12.1 Å². The highest BCUT2D eigenvalue weighted by atomic mass is 16.3. The van der Waals surface area contributed by atoms with E-state index in [4.69, 9.17) is 0 Å². The second kappa shape index (κ2) is 6.97. The summed E-state index contributed by atoms with van der Waals surface area (Å²) < 4.78 is 1.52. The Morgan fingerprint density at radius 1 is 1.18 bits per heavy atom. The Kier molecular flexibility index (Phi) is 4.24. The summed E-state index contributed by atoms with van der Waals surface area (Å²) >= 11 is 0. The van der Waals surface area contributed by atoms with Crippen molar-refractivity contribution in [2.24, 2.45) is 0 Å². The number of hydrogen-bond donors (Lipinski definition) is 4. The molecule has 4 heterocycles. The van der Waals surface area contributed by atoms with Gasteiger partial charge in [0.1, 0.15) is 11.0 Å². The maximum Gasteiger partial charge on any atom is 0.275 e. The molecule has 2 aliphatic rings. The smallest absolute Gasteiger partial charge is 0.275 e. The van der Waals surface area contributed by atoms with Crippen LogP contribution >= 0.6 is 0 Å². The molecule has 0 atom stereocenters. The number of nitrogens with zero attached hydrogens (tertiary/aromatic N) is 4. The Hall–Kier alpha value is -3.56. The number of rotatable bonds is 4. The zero-order valence-corrected chi connectivity index (χ0v) is 18.5. The van der Waals surface area contributed by atoms with Crippen LogP contribution in [0.4, 0.5) is 11.6 Å². The van der Waals surface area contributed by atoms with Crippen molar-refractivity contribution in [3.63, 3.8) is 0 Å². The third kappa shape index (κ3) is 3.40. The predicted molar refractivity (Wildman–Crippen MR) is 125 cm³/mol. The Balaban J connectivity index is 1.37. The van der Waals surface area contributed by atoms with Gasteiger partial charge in [-0.3, -0.25) is 9.89 Å². The second-order valence-corrected chi connectivity index (χ2v) is 9.53. The lowest BCUT2D eigenvalue weighted by atomic mass is 9.88. The van der Waals surface area contributed by atoms with Crippen molar-refractivity contribution in [1.82, 2.24) is 30.0 Å². The van der Waals surface area contributed by atoms with Gasteiger partial charge in [0.05, 0.1) is 5.69 Å². The van der Waals surface area contributed by atoms with Crippen LogP contribution in [0, 0.1) is 0 Å². The lowest BCUT2D eigenvalue weighted by Crippen LogP contribution is -2.33. The van der Waals surface area contributed by atoms with E-state index in [0.29, 0.717) is 33.9 Å². The summed E-state index contributed by atoms with van der Waals surface area (Å²) in [5, 5.41) is 20.3. The third-order valence-electron chi connectivity index (χ3n) is 6.59. The molecule has 4 aromatic rings. The summed E-state index contributed by atoms with van der Waals surface area (Å²) in [6, 6.07) is 11.7. The molecule has 0 saturated heterocycles. The molecular formula is C24H25N7O2. The monoisotopic (exact) mass is 443 g/mol. The van der Waals surface area contributed by atoms with Crippen molar-refractivity contribution in [1.29, 1.82) is 0 Å². The molecule has 6 rings (SSSR count). The maximum atomic E-state index is 12.5. The van der Waals surface area contributed by atoms with E-state index >= 15 is 0 Å². The third-order valence-corrected chi connectivity index (χ3v) is 6.59. The van der Waals surface area contributed by atoms with Crippen LogP contribution in [0.3, 0.4) is 0 Å². The average molecular weight is 444 g/mol. The van der Waals surface area contributed by atoms with Crippen LogP contribution in [0.25, 0.3) is 16.9 Å². The molecule has 1 saturated carbocycles. The van der Waals surface area contributed by atoms with E-state index in [1.165, 1.54) is 34.8 Å². The first-order valence-corrected chi connectivity index (χ1v) is 11.1. The van der Waals surface area contributed by atoms with E-state index in [2.05, 4.69) is 48.9 Å². The van der Waals surface area contributed by atoms with Crippen molar-refractivity contribution in [2.45, 2.75) is 44.2 Å². The van der Waals surface area contributed by atoms with E-state index in [9.17, 15) is 9.90 Å². The first-order chi connectivity index (χ1) is 15.8. The van der Waals surface area contributed by atoms with Crippen LogP contribution in [0.1, 0.15) is 43.5 Å². The molecule has 0 radical (unpaired) electrons. The van der Waals surface area contributed by atoms with Gasteiger partial charge >= 0.3 is 0 Å². The quantitative estimate of drug-likeness (QED) is 0.383. The fourth-order valence-corrected chi connectivity index (χ4v) is 4.63. The molecule has 3 aromatic heterocycles. The minimum atomic E-state index is -1.11. The first kappa shape index (κ1) is 20.1. The van der Waals surface area contributed by atoms with Crippen molar-refractivity contribution in [3.05, 3.63) is 69.8 Å². The number of anilines is 2. The summed E-state index contributed by atoms with van der Waals surface area (Å²) in [5.41, 5.74) is 3.46. The zero-order valence-electron chi connectivity index (χ0n) is 18.5. The molecule has 0 amide bonds. The van der Waals surface area contributed by atoms with Crippen LogP contribution in [0.5, 0.6) is 0 Å². The Labute approximate surface area is 189 Å². The number of H-pyrrole nitrogens is 1. The molecule has 1 spiro atoms. The normalized spacial score (nSPS) is 16.7. The van der Waals surface area contributed by atoms with Crippen LogP contribution < -0.4 is 16.2 Å². The van der Waals surface area contributed by atoms with Crippen LogP contribution in [-0.2, 0) is 17.6 Å². The van der Waals surface area contributed by atoms with Crippen molar-refractivity contribution >= 4 is 22.7 Å². The predicted octanol–water partition coefficient (Wildman–Crippen LogP) is 2.61. The lowest BCUT2D eigenvalue weighted by molar-refractivity contribution is 0.0738. The summed E-state index contributed by atoms with van der Waals surface area (Å²) in [4.78, 5) is 26.0. The fourth-order valence-electron chi connectivity index (χ4n) is 4.63. The van der Waals surface area contributed by atoms with Gasteiger partial charge < -0.3 is 15.7 Å². The van der Waals surface area contributed by atoms with Crippen molar-refractivity contribution < 1.29 is 5.11 Å². The summed E-state index contributed by atoms with van der Waals surface area (Å²) in [6.45, 7) is 5.24. The number of nitrogens with one attached hydrogen (secondary N) is 3. The van der Waals surface area contributed by atoms with Gasteiger partial charge in [0.15, 0.2) is 11.5 Å². The number of fused-ring (bicyclic) bond motifs is 3. The van der Waals surface area contributed by atoms with E-state index in [1.807, 2.05) is 0 Å². The van der Waals surface area contributed by atoms with Gasteiger partial charge in [-0.2, -0.15) is 4.98 Å². The zero-order chi connectivity index (χ0) is 22.8. The summed E-state index contributed by atoms with van der Waals surface area (Å²) in [5.74, 6) is 0.847. The largest absolute Gasteiger partial charge is 0.384 e. The fraction of sp³-hybridized carbons (Fsp3) is 0.333. The minimum Gasteiger partial charge on any atom is -0.384 e. The Bertz CT molecular complexity index is 1440. The van der Waals surface area contributed by atoms with E-state index < -0.39 is 5.60 Å². The number of hydrogen-bond acceptors (Lipinski definition) is 7. The highest BCUT2D eigenvalue weighted by molar-refractivity contribution is 5.76. The summed E-state index contributed by atoms with van der Waals surface area (Å²) in [6.07, 6.45) is 4.00. The molecule has 1 aliphatic carbocycles. The molecule has 1 fully saturated rings. The molecule has 168 valence electrons. The van der Waals surface area contributed by atoms with Gasteiger partial charge in [0, 0.05) is 30.4 Å². The van der Waals surface area contributed by atoms with Gasteiger partial charge in [-0.05, 0) is 62.1 Å². The van der Waals surface area contributed by atoms with Crippen molar-refractivity contribution in [3.8, 4) is 5.82 Å². The molecule has 9 nitrogen and oxygen atoms in total. The SMILES string of the molecule is CC(C)(O)c1cccc(-n2[nH]c(=O)c3cnc(Nc4ccc5c(c4)CNCC54CC4)nc32)n1.